The molecule has 2 rings (SSSR count). The Morgan fingerprint density at radius 2 is 2.25 bits per heavy atom. The van der Waals surface area contributed by atoms with Crippen LogP contribution in [0.4, 0.5) is 0 Å². The molecule has 0 aromatic carbocycles. The third kappa shape index (κ3) is 3.02. The molecule has 0 spiro atoms. The average molecular weight is 296 g/mol. The molecule has 20 heavy (non-hydrogen) atoms. The molecular formula is C12H16N4O3S. The van der Waals surface area contributed by atoms with Gasteiger partial charge in [-0.15, -0.1) is 10.2 Å². The maximum Gasteiger partial charge on any atom is 0.344 e. The summed E-state index contributed by atoms with van der Waals surface area (Å²) in [6.07, 6.45) is 0.142. The lowest BCUT2D eigenvalue weighted by atomic mass is 9.93. The number of nitrogens with zero attached hydrogens (tertiary/aromatic N) is 3. The predicted octanol–water partition coefficient (Wildman–Crippen LogP) is 1.60. The van der Waals surface area contributed by atoms with Gasteiger partial charge < -0.3 is 9.84 Å². The summed E-state index contributed by atoms with van der Waals surface area (Å²) in [6, 6.07) is 1.86. The van der Waals surface area contributed by atoms with Crippen molar-refractivity contribution in [3.63, 3.8) is 0 Å². The number of thiophene rings is 1. The lowest BCUT2D eigenvalue weighted by molar-refractivity contribution is -0.189. The van der Waals surface area contributed by atoms with Crippen molar-refractivity contribution in [1.82, 2.24) is 20.6 Å². The minimum atomic E-state index is -1.66. The number of nitrogens with one attached hydrogen (secondary N) is 1. The summed E-state index contributed by atoms with van der Waals surface area (Å²) in [4.78, 5) is 11.9. The molecule has 0 aliphatic heterocycles. The van der Waals surface area contributed by atoms with E-state index in [0.29, 0.717) is 0 Å². The summed E-state index contributed by atoms with van der Waals surface area (Å²) in [7, 11) is 0. The average Bonchev–Trinajstić information content (AvgIpc) is 2.98. The van der Waals surface area contributed by atoms with E-state index in [-0.39, 0.29) is 12.2 Å². The maximum absolute atomic E-state index is 11.9. The molecule has 0 bridgehead atoms. The largest absolute Gasteiger partial charge is 0.479 e. The lowest BCUT2D eigenvalue weighted by Gasteiger charge is -2.33. The van der Waals surface area contributed by atoms with Gasteiger partial charge in [-0.05, 0) is 43.2 Å². The molecule has 0 aliphatic rings. The second-order valence-electron chi connectivity index (χ2n) is 5.39. The quantitative estimate of drug-likeness (QED) is 0.869. The van der Waals surface area contributed by atoms with E-state index < -0.39 is 17.2 Å². The van der Waals surface area contributed by atoms with Gasteiger partial charge in [0.15, 0.2) is 0 Å². The van der Waals surface area contributed by atoms with E-state index in [1.54, 1.807) is 20.8 Å². The van der Waals surface area contributed by atoms with Crippen molar-refractivity contribution in [3.05, 3.63) is 28.2 Å². The first kappa shape index (κ1) is 14.6. The van der Waals surface area contributed by atoms with Crippen LogP contribution in [-0.2, 0) is 21.6 Å². The van der Waals surface area contributed by atoms with Crippen molar-refractivity contribution in [3.8, 4) is 0 Å². The van der Waals surface area contributed by atoms with Crippen LogP contribution in [0, 0.1) is 0 Å². The molecule has 1 unspecified atom stereocenters. The van der Waals surface area contributed by atoms with E-state index >= 15 is 0 Å². The molecule has 0 saturated heterocycles. The summed E-state index contributed by atoms with van der Waals surface area (Å²) in [5.74, 6) is -1.12. The van der Waals surface area contributed by atoms with Crippen LogP contribution in [-0.4, -0.2) is 37.3 Å². The second kappa shape index (κ2) is 5.29. The molecule has 2 N–H and O–H groups in total. The number of ether oxygens (including phenoxy) is 1. The fraction of sp³-hybridized carbons (Fsp3) is 0.500. The molecule has 0 saturated carbocycles. The first-order chi connectivity index (χ1) is 9.33. The number of aromatic nitrogens is 4. The maximum atomic E-state index is 11.9. The highest BCUT2D eigenvalue weighted by atomic mass is 32.1. The molecular weight excluding hydrogens is 280 g/mol. The van der Waals surface area contributed by atoms with Crippen molar-refractivity contribution in [2.24, 2.45) is 0 Å². The first-order valence-electron chi connectivity index (χ1n) is 6.02. The Hall–Kier alpha value is -1.80. The van der Waals surface area contributed by atoms with Crippen LogP contribution in [0.2, 0.25) is 0 Å². The summed E-state index contributed by atoms with van der Waals surface area (Å²) < 4.78 is 5.82. The Balaban J connectivity index is 2.47. The summed E-state index contributed by atoms with van der Waals surface area (Å²) >= 11 is 1.49. The third-order valence-electron chi connectivity index (χ3n) is 2.57. The normalized spacial score (nSPS) is 14.9. The van der Waals surface area contributed by atoms with E-state index in [4.69, 9.17) is 4.74 Å². The Bertz CT molecular complexity index is 562. The van der Waals surface area contributed by atoms with Gasteiger partial charge in [-0.2, -0.15) is 16.6 Å². The Morgan fingerprint density at radius 1 is 1.50 bits per heavy atom. The highest BCUT2D eigenvalue weighted by molar-refractivity contribution is 7.07. The highest BCUT2D eigenvalue weighted by Gasteiger charge is 2.48. The molecule has 7 nitrogen and oxygen atoms in total. The SMILES string of the molecule is CC(C)(C)OC(Cc1ccsc1)(C(=O)O)c1nn[nH]n1. The lowest BCUT2D eigenvalue weighted by Crippen LogP contribution is -2.47. The smallest absolute Gasteiger partial charge is 0.344 e. The van der Waals surface area contributed by atoms with E-state index in [2.05, 4.69) is 20.6 Å². The molecule has 2 aromatic rings. The number of carbonyl (C=O) groups is 1. The fourth-order valence-corrected chi connectivity index (χ4v) is 2.58. The van der Waals surface area contributed by atoms with Crippen LogP contribution in [0.3, 0.4) is 0 Å². The summed E-state index contributed by atoms with van der Waals surface area (Å²) in [5, 5.41) is 26.9. The van der Waals surface area contributed by atoms with Gasteiger partial charge >= 0.3 is 5.97 Å². The number of carboxylic acids is 1. The van der Waals surface area contributed by atoms with Gasteiger partial charge in [0.05, 0.1) is 5.60 Å². The molecule has 108 valence electrons. The summed E-state index contributed by atoms with van der Waals surface area (Å²) in [6.45, 7) is 5.37. The Labute approximate surface area is 120 Å². The summed E-state index contributed by atoms with van der Waals surface area (Å²) in [5.41, 5.74) is -1.48. The van der Waals surface area contributed by atoms with E-state index in [9.17, 15) is 9.90 Å². The topological polar surface area (TPSA) is 101 Å². The molecule has 2 heterocycles. The van der Waals surface area contributed by atoms with Crippen LogP contribution in [0.15, 0.2) is 16.8 Å². The van der Waals surface area contributed by atoms with Crippen LogP contribution >= 0.6 is 11.3 Å². The molecule has 8 heteroatoms. The van der Waals surface area contributed by atoms with Crippen LogP contribution in [0.1, 0.15) is 32.2 Å². The number of hydrogen-bond donors (Lipinski definition) is 2. The second-order valence-corrected chi connectivity index (χ2v) is 6.17. The van der Waals surface area contributed by atoms with E-state index in [1.807, 2.05) is 16.8 Å². The van der Waals surface area contributed by atoms with Crippen LogP contribution in [0.25, 0.3) is 0 Å². The zero-order valence-corrected chi connectivity index (χ0v) is 12.3. The van der Waals surface area contributed by atoms with Gasteiger partial charge in [0, 0.05) is 6.42 Å². The van der Waals surface area contributed by atoms with Crippen molar-refractivity contribution in [2.75, 3.05) is 0 Å². The fourth-order valence-electron chi connectivity index (χ4n) is 1.91. The Kier molecular flexibility index (Phi) is 3.87. The zero-order valence-electron chi connectivity index (χ0n) is 11.5. The molecule has 1 atom stereocenters. The van der Waals surface area contributed by atoms with Crippen LogP contribution < -0.4 is 0 Å². The molecule has 0 fully saturated rings. The minimum absolute atomic E-state index is 0.0196. The molecule has 0 radical (unpaired) electrons. The van der Waals surface area contributed by atoms with Gasteiger partial charge in [-0.25, -0.2) is 4.79 Å². The van der Waals surface area contributed by atoms with Crippen LogP contribution in [0.5, 0.6) is 0 Å². The monoisotopic (exact) mass is 296 g/mol. The number of rotatable bonds is 5. The predicted molar refractivity (Wildman–Crippen MR) is 72.4 cm³/mol. The number of aromatic amines is 1. The number of carboxylic acid groups (broad SMARTS) is 1. The van der Waals surface area contributed by atoms with Crippen molar-refractivity contribution in [1.29, 1.82) is 0 Å². The van der Waals surface area contributed by atoms with E-state index in [0.717, 1.165) is 5.56 Å². The van der Waals surface area contributed by atoms with Crippen molar-refractivity contribution < 1.29 is 14.6 Å². The van der Waals surface area contributed by atoms with Gasteiger partial charge in [-0.3, -0.25) is 0 Å². The third-order valence-corrected chi connectivity index (χ3v) is 3.30. The standard InChI is InChI=1S/C12H16N4O3S/c1-11(2,3)19-12(10(17)18,9-13-15-16-14-9)6-8-4-5-20-7-8/h4-5,7H,6H2,1-3H3,(H,17,18)(H,13,14,15,16). The molecule has 0 aliphatic carbocycles. The molecule has 2 aromatic heterocycles. The number of aliphatic carboxylic acids is 1. The number of H-pyrrole nitrogens is 1. The number of tetrazole rings is 1. The van der Waals surface area contributed by atoms with E-state index in [1.165, 1.54) is 11.3 Å². The zero-order chi connectivity index (χ0) is 14.8. The van der Waals surface area contributed by atoms with Gasteiger partial charge in [0.25, 0.3) is 0 Å². The highest BCUT2D eigenvalue weighted by Crippen LogP contribution is 2.33. The van der Waals surface area contributed by atoms with Crippen molar-refractivity contribution in [2.45, 2.75) is 38.4 Å². The molecule has 0 amide bonds. The minimum Gasteiger partial charge on any atom is -0.479 e. The first-order valence-corrected chi connectivity index (χ1v) is 6.96. The van der Waals surface area contributed by atoms with Gasteiger partial charge in [0.2, 0.25) is 11.4 Å². The number of hydrogen-bond acceptors (Lipinski definition) is 6. The van der Waals surface area contributed by atoms with Gasteiger partial charge in [-0.1, -0.05) is 5.21 Å². The van der Waals surface area contributed by atoms with Gasteiger partial charge in [0.1, 0.15) is 0 Å². The van der Waals surface area contributed by atoms with Crippen molar-refractivity contribution >= 4 is 17.3 Å². The Morgan fingerprint density at radius 3 is 2.70 bits per heavy atom.